The lowest BCUT2D eigenvalue weighted by molar-refractivity contribution is 0.0702. The van der Waals surface area contributed by atoms with E-state index >= 15 is 0 Å². The molecule has 1 atom stereocenters. The molecule has 1 aliphatic heterocycles. The lowest BCUT2D eigenvalue weighted by Gasteiger charge is -2.38. The van der Waals surface area contributed by atoms with Crippen LogP contribution in [0.3, 0.4) is 0 Å². The smallest absolute Gasteiger partial charge is 0.256 e. The first kappa shape index (κ1) is 24.3. The summed E-state index contributed by atoms with van der Waals surface area (Å²) < 4.78 is 27.9. The zero-order valence-electron chi connectivity index (χ0n) is 19.9. The van der Waals surface area contributed by atoms with Crippen LogP contribution in [0.1, 0.15) is 16.1 Å². The number of hydrogen-bond donors (Lipinski definition) is 1. The maximum atomic E-state index is 13.2. The van der Waals surface area contributed by atoms with E-state index in [1.54, 1.807) is 21.7 Å². The van der Waals surface area contributed by atoms with Gasteiger partial charge in [-0.25, -0.2) is 24.3 Å². The molecule has 0 bridgehead atoms. The number of aryl methyl sites for hydroxylation is 2. The van der Waals surface area contributed by atoms with Gasteiger partial charge in [-0.05, 0) is 31.0 Å². The molecule has 0 aromatic carbocycles. The van der Waals surface area contributed by atoms with Gasteiger partial charge < -0.3 is 15.1 Å². The number of piperazine rings is 1. The molecular weight excluding hydrogens is 500 g/mol. The largest absolute Gasteiger partial charge is 0.336 e. The van der Waals surface area contributed by atoms with E-state index in [1.165, 1.54) is 28.6 Å². The molecular formula is C24H21F2N9OS. The minimum atomic E-state index is -0.734. The van der Waals surface area contributed by atoms with Gasteiger partial charge in [-0.3, -0.25) is 9.48 Å². The molecule has 0 aliphatic carbocycles. The van der Waals surface area contributed by atoms with Crippen molar-refractivity contribution in [3.63, 3.8) is 0 Å². The molecule has 0 spiro atoms. The number of carbonyl (C=O) groups is 1. The van der Waals surface area contributed by atoms with Gasteiger partial charge in [0.15, 0.2) is 10.9 Å². The Bertz CT molecular complexity index is 1470. The van der Waals surface area contributed by atoms with Crippen LogP contribution in [0, 0.1) is 24.8 Å². The monoisotopic (exact) mass is 521 g/mol. The molecule has 1 unspecified atom stereocenters. The standard InChI is InChI=1S/C24H21F2N9OS/c1-15-9-20(33(2)32-15)19-14-37-24(30-19)31-21-4-3-16(10-27-21)22(36)35-8-7-34(13-18(35)5-6-25)23-28-11-17(26)12-29-23/h3-4,9-12,14,18H,7-8,13H2,1-2H3,(H,27,30,31). The van der Waals surface area contributed by atoms with E-state index in [0.717, 1.165) is 29.5 Å². The van der Waals surface area contributed by atoms with Crippen LogP contribution in [0.15, 0.2) is 42.2 Å². The number of amides is 1. The molecule has 0 radical (unpaired) electrons. The highest BCUT2D eigenvalue weighted by Crippen LogP contribution is 2.27. The van der Waals surface area contributed by atoms with Crippen LogP contribution in [-0.2, 0) is 7.05 Å². The van der Waals surface area contributed by atoms with Crippen LogP contribution in [0.5, 0.6) is 0 Å². The zero-order valence-corrected chi connectivity index (χ0v) is 20.7. The van der Waals surface area contributed by atoms with E-state index < -0.39 is 11.9 Å². The third kappa shape index (κ3) is 5.24. The molecule has 37 heavy (non-hydrogen) atoms. The van der Waals surface area contributed by atoms with E-state index in [1.807, 2.05) is 25.4 Å². The van der Waals surface area contributed by atoms with Gasteiger partial charge in [-0.1, -0.05) is 0 Å². The Morgan fingerprint density at radius 3 is 2.68 bits per heavy atom. The Labute approximate surface area is 215 Å². The number of halogens is 2. The summed E-state index contributed by atoms with van der Waals surface area (Å²) in [4.78, 5) is 33.3. The lowest BCUT2D eigenvalue weighted by Crippen LogP contribution is -2.55. The maximum Gasteiger partial charge on any atom is 0.256 e. The van der Waals surface area contributed by atoms with Gasteiger partial charge >= 0.3 is 0 Å². The van der Waals surface area contributed by atoms with E-state index in [9.17, 15) is 13.6 Å². The quantitative estimate of drug-likeness (QED) is 0.400. The normalized spacial score (nSPS) is 15.3. The van der Waals surface area contributed by atoms with Gasteiger partial charge in [0.2, 0.25) is 5.95 Å². The molecule has 1 N–H and O–H groups in total. The summed E-state index contributed by atoms with van der Waals surface area (Å²) in [6.45, 7) is 2.75. The van der Waals surface area contributed by atoms with Crippen molar-refractivity contribution in [1.29, 1.82) is 0 Å². The van der Waals surface area contributed by atoms with Crippen LogP contribution in [0.2, 0.25) is 0 Å². The van der Waals surface area contributed by atoms with Crippen molar-refractivity contribution in [2.45, 2.75) is 13.0 Å². The second-order valence-electron chi connectivity index (χ2n) is 8.29. The Morgan fingerprint density at radius 1 is 1.19 bits per heavy atom. The summed E-state index contributed by atoms with van der Waals surface area (Å²) >= 11 is 1.43. The number of anilines is 3. The van der Waals surface area contributed by atoms with Crippen molar-refractivity contribution in [3.05, 3.63) is 59.2 Å². The summed E-state index contributed by atoms with van der Waals surface area (Å²) in [5.74, 6) is 2.37. The summed E-state index contributed by atoms with van der Waals surface area (Å²) in [6.07, 6.45) is 4.98. The average Bonchev–Trinajstić information content (AvgIpc) is 3.49. The fraction of sp³-hybridized carbons (Fsp3) is 0.250. The first-order valence-electron chi connectivity index (χ1n) is 11.3. The summed E-state index contributed by atoms with van der Waals surface area (Å²) in [5.41, 5.74) is 2.96. The van der Waals surface area contributed by atoms with E-state index in [2.05, 4.69) is 36.3 Å². The fourth-order valence-electron chi connectivity index (χ4n) is 4.03. The molecule has 13 heteroatoms. The zero-order chi connectivity index (χ0) is 25.9. The molecule has 1 aliphatic rings. The van der Waals surface area contributed by atoms with Crippen LogP contribution < -0.4 is 10.2 Å². The van der Waals surface area contributed by atoms with E-state index in [0.29, 0.717) is 29.0 Å². The Hall–Kier alpha value is -4.44. The van der Waals surface area contributed by atoms with Crippen molar-refractivity contribution < 1.29 is 13.6 Å². The second-order valence-corrected chi connectivity index (χ2v) is 9.15. The predicted molar refractivity (Wildman–Crippen MR) is 134 cm³/mol. The maximum absolute atomic E-state index is 13.2. The Kier molecular flexibility index (Phi) is 6.74. The van der Waals surface area contributed by atoms with Crippen molar-refractivity contribution in [2.24, 2.45) is 7.05 Å². The van der Waals surface area contributed by atoms with Gasteiger partial charge in [0.25, 0.3) is 5.91 Å². The number of aromatic nitrogens is 6. The Balaban J connectivity index is 1.26. The molecule has 4 aromatic heterocycles. The van der Waals surface area contributed by atoms with E-state index in [4.69, 9.17) is 0 Å². The minimum Gasteiger partial charge on any atom is -0.336 e. The molecule has 1 amide bonds. The summed E-state index contributed by atoms with van der Waals surface area (Å²) in [5, 5.41) is 10.1. The molecule has 188 valence electrons. The van der Waals surface area contributed by atoms with Crippen LogP contribution in [0.25, 0.3) is 11.4 Å². The number of pyridine rings is 1. The van der Waals surface area contributed by atoms with Crippen molar-refractivity contribution in [2.75, 3.05) is 29.9 Å². The molecule has 1 saturated heterocycles. The van der Waals surface area contributed by atoms with Crippen LogP contribution >= 0.6 is 11.3 Å². The van der Waals surface area contributed by atoms with Gasteiger partial charge in [0.1, 0.15) is 23.7 Å². The minimum absolute atomic E-state index is 0.184. The highest BCUT2D eigenvalue weighted by atomic mass is 32.1. The van der Waals surface area contributed by atoms with E-state index in [-0.39, 0.29) is 19.0 Å². The third-order valence-electron chi connectivity index (χ3n) is 5.77. The number of thiazole rings is 1. The number of hydrogen-bond acceptors (Lipinski definition) is 9. The van der Waals surface area contributed by atoms with Gasteiger partial charge in [-0.15, -0.1) is 15.7 Å². The number of nitrogens with one attached hydrogen (secondary N) is 1. The number of rotatable bonds is 5. The van der Waals surface area contributed by atoms with Gasteiger partial charge in [0.05, 0.1) is 35.9 Å². The summed E-state index contributed by atoms with van der Waals surface area (Å²) in [7, 11) is 1.87. The van der Waals surface area contributed by atoms with Crippen molar-refractivity contribution in [3.8, 4) is 23.5 Å². The van der Waals surface area contributed by atoms with Gasteiger partial charge in [0, 0.05) is 31.7 Å². The van der Waals surface area contributed by atoms with Crippen LogP contribution in [-0.4, -0.2) is 66.2 Å². The number of nitrogens with zero attached hydrogens (tertiary/aromatic N) is 8. The highest BCUT2D eigenvalue weighted by Gasteiger charge is 2.31. The molecule has 5 heterocycles. The first-order chi connectivity index (χ1) is 17.9. The Morgan fingerprint density at radius 2 is 2.00 bits per heavy atom. The van der Waals surface area contributed by atoms with Crippen LogP contribution in [0.4, 0.5) is 25.7 Å². The van der Waals surface area contributed by atoms with Crippen molar-refractivity contribution >= 4 is 34.1 Å². The SMILES string of the molecule is Cc1cc(-c2csc(Nc3ccc(C(=O)N4CCN(c5ncc(F)cn5)CC4C#CF)cn3)n2)n(C)n1. The second kappa shape index (κ2) is 10.3. The molecule has 5 rings (SSSR count). The topological polar surface area (TPSA) is 105 Å². The predicted octanol–water partition coefficient (Wildman–Crippen LogP) is 3.18. The summed E-state index contributed by atoms with van der Waals surface area (Å²) in [6, 6.07) is 4.56. The fourth-order valence-corrected chi connectivity index (χ4v) is 4.74. The molecule has 4 aromatic rings. The molecule has 1 fully saturated rings. The first-order valence-corrected chi connectivity index (χ1v) is 12.1. The lowest BCUT2D eigenvalue weighted by atomic mass is 10.1. The van der Waals surface area contributed by atoms with Gasteiger partial charge in [-0.2, -0.15) is 5.10 Å². The third-order valence-corrected chi connectivity index (χ3v) is 6.52. The number of carbonyl (C=O) groups excluding carboxylic acids is 1. The average molecular weight is 522 g/mol. The van der Waals surface area contributed by atoms with Crippen molar-refractivity contribution in [1.82, 2.24) is 34.6 Å². The highest BCUT2D eigenvalue weighted by molar-refractivity contribution is 7.14. The molecule has 0 saturated carbocycles. The molecule has 10 nitrogen and oxygen atoms in total.